The predicted octanol–water partition coefficient (Wildman–Crippen LogP) is 7.83. The highest BCUT2D eigenvalue weighted by molar-refractivity contribution is 5.85. The molecule has 2 saturated heterocycles. The van der Waals surface area contributed by atoms with Gasteiger partial charge in [-0.15, -0.1) is 0 Å². The second-order valence-corrected chi connectivity index (χ2v) is 18.7. The van der Waals surface area contributed by atoms with Crippen molar-refractivity contribution in [1.29, 1.82) is 0 Å². The van der Waals surface area contributed by atoms with Crippen molar-refractivity contribution in [2.45, 2.75) is 127 Å². The molecular formula is C62H70O16. The summed E-state index contributed by atoms with van der Waals surface area (Å²) < 4.78 is 76.2. The summed E-state index contributed by atoms with van der Waals surface area (Å²) in [5.41, 5.74) is 5.12. The molecule has 0 aromatic heterocycles. The van der Waals surface area contributed by atoms with Crippen LogP contribution in [-0.2, 0) is 106 Å². The molecule has 0 spiro atoms. The van der Waals surface area contributed by atoms with Crippen LogP contribution in [0.15, 0.2) is 182 Å². The Balaban J connectivity index is 1.11. The molecular weight excluding hydrogens is 1000 g/mol. The second-order valence-electron chi connectivity index (χ2n) is 18.7. The molecule has 0 amide bonds. The van der Waals surface area contributed by atoms with E-state index >= 15 is 0 Å². The largest absolute Gasteiger partial charge is 0.464 e. The molecule has 414 valence electrons. The first kappa shape index (κ1) is 57.9. The topological polar surface area (TPSA) is 185 Å². The van der Waals surface area contributed by atoms with Gasteiger partial charge in [0.15, 0.2) is 24.8 Å². The van der Waals surface area contributed by atoms with Gasteiger partial charge in [0, 0.05) is 0 Å². The molecule has 0 radical (unpaired) electrons. The van der Waals surface area contributed by atoms with Crippen molar-refractivity contribution in [2.75, 3.05) is 26.4 Å². The standard InChI is InChI=1S/C62H70O16/c1-3-69-59(65)57(77-61-51(63)55(73-39-47-31-19-9-20-32-47)53(71-37-45-27-15-7-16-28-45)49(75-61)41-67-35-43-23-11-5-12-24-43)58(60(66)70-4-2)78-62-52(64)56(74-40-48-33-21-10-22-34-48)54(72-38-46-29-17-8-18-30-46)50(76-62)42-68-36-44-25-13-6-14-26-44/h5-34,49-58,61-64H,3-4,35-42H2,1-2H3/t49-,50-,51-,52-,53-,54-,55-,56-,57?,58?,61-,62-/m1/s1. The molecule has 0 saturated carbocycles. The van der Waals surface area contributed by atoms with Crippen molar-refractivity contribution >= 4 is 11.9 Å². The molecule has 6 aromatic carbocycles. The highest BCUT2D eigenvalue weighted by atomic mass is 16.8. The van der Waals surface area contributed by atoms with E-state index in [2.05, 4.69) is 0 Å². The smallest absolute Gasteiger partial charge is 0.338 e. The summed E-state index contributed by atoms with van der Waals surface area (Å²) in [4.78, 5) is 28.9. The summed E-state index contributed by atoms with van der Waals surface area (Å²) in [5.74, 6) is -2.14. The summed E-state index contributed by atoms with van der Waals surface area (Å²) in [7, 11) is 0. The fourth-order valence-electron chi connectivity index (χ4n) is 9.11. The van der Waals surface area contributed by atoms with E-state index in [-0.39, 0.29) is 66.1 Å². The molecule has 2 aliphatic rings. The maximum Gasteiger partial charge on any atom is 0.338 e. The van der Waals surface area contributed by atoms with Crippen LogP contribution in [0, 0.1) is 0 Å². The number of hydrogen-bond acceptors (Lipinski definition) is 16. The average Bonchev–Trinajstić information content (AvgIpc) is 3.56. The van der Waals surface area contributed by atoms with Gasteiger partial charge in [-0.25, -0.2) is 9.59 Å². The van der Waals surface area contributed by atoms with Crippen LogP contribution in [0.4, 0.5) is 0 Å². The number of aliphatic hydroxyl groups excluding tert-OH is 2. The maximum absolute atomic E-state index is 14.4. The first-order chi connectivity index (χ1) is 38.3. The third-order valence-corrected chi connectivity index (χ3v) is 13.0. The zero-order valence-corrected chi connectivity index (χ0v) is 43.9. The van der Waals surface area contributed by atoms with Gasteiger partial charge in [0.05, 0.1) is 66.1 Å². The summed E-state index contributed by atoms with van der Waals surface area (Å²) in [6.45, 7) is 3.46. The molecule has 2 heterocycles. The number of aliphatic hydroxyl groups is 2. The van der Waals surface area contributed by atoms with Gasteiger partial charge >= 0.3 is 11.9 Å². The minimum atomic E-state index is -2.01. The SMILES string of the molecule is CCOC(=O)C(O[C@H]1O[C@H](COCc2ccccc2)[C@@H](OCc2ccccc2)[C@H](OCc2ccccc2)[C@H]1O)C(O[C@H]1O[C@H](COCc2ccccc2)[C@@H](OCc2ccccc2)[C@H](OCc2ccccc2)[C@H]1O)C(=O)OCC. The molecule has 2 aliphatic heterocycles. The van der Waals surface area contributed by atoms with E-state index in [1.54, 1.807) is 13.8 Å². The van der Waals surface area contributed by atoms with Gasteiger partial charge in [-0.1, -0.05) is 182 Å². The van der Waals surface area contributed by atoms with E-state index in [0.29, 0.717) is 0 Å². The fourth-order valence-corrected chi connectivity index (χ4v) is 9.11. The van der Waals surface area contributed by atoms with Gasteiger partial charge < -0.3 is 67.1 Å². The Bertz CT molecular complexity index is 2440. The van der Waals surface area contributed by atoms with Crippen LogP contribution in [0.3, 0.4) is 0 Å². The second kappa shape index (κ2) is 30.8. The zero-order chi connectivity index (χ0) is 54.3. The molecule has 16 nitrogen and oxygen atoms in total. The van der Waals surface area contributed by atoms with Crippen LogP contribution in [0.5, 0.6) is 0 Å². The maximum atomic E-state index is 14.4. The van der Waals surface area contributed by atoms with Gasteiger partial charge in [0.25, 0.3) is 0 Å². The average molecular weight is 1070 g/mol. The van der Waals surface area contributed by atoms with Gasteiger partial charge in [-0.3, -0.25) is 0 Å². The van der Waals surface area contributed by atoms with E-state index in [9.17, 15) is 19.8 Å². The Labute approximate surface area is 455 Å². The number of esters is 2. The third kappa shape index (κ3) is 16.9. The van der Waals surface area contributed by atoms with E-state index in [1.165, 1.54) is 0 Å². The Morgan fingerprint density at radius 1 is 0.397 bits per heavy atom. The van der Waals surface area contributed by atoms with E-state index < -0.39 is 85.6 Å². The lowest BCUT2D eigenvalue weighted by Gasteiger charge is -2.46. The van der Waals surface area contributed by atoms with E-state index in [0.717, 1.165) is 33.4 Å². The minimum absolute atomic E-state index is 0.0463. The van der Waals surface area contributed by atoms with Gasteiger partial charge in [-0.2, -0.15) is 0 Å². The minimum Gasteiger partial charge on any atom is -0.464 e. The Kier molecular flexibility index (Phi) is 22.9. The number of carbonyl (C=O) groups excluding carboxylic acids is 2. The van der Waals surface area contributed by atoms with Crippen molar-refractivity contribution in [3.8, 4) is 0 Å². The fraction of sp³-hybridized carbons (Fsp3) is 0.387. The molecule has 0 aliphatic carbocycles. The molecule has 0 bridgehead atoms. The van der Waals surface area contributed by atoms with E-state index in [1.807, 2.05) is 182 Å². The molecule has 2 unspecified atom stereocenters. The van der Waals surface area contributed by atoms with Crippen molar-refractivity contribution < 1.29 is 76.6 Å². The Hall–Kier alpha value is -6.22. The van der Waals surface area contributed by atoms with Crippen LogP contribution in [0.1, 0.15) is 47.2 Å². The van der Waals surface area contributed by atoms with Crippen LogP contribution >= 0.6 is 0 Å². The normalized spacial score (nSPS) is 23.9. The molecule has 12 atom stereocenters. The van der Waals surface area contributed by atoms with Gasteiger partial charge in [0.1, 0.15) is 48.8 Å². The Morgan fingerprint density at radius 2 is 0.654 bits per heavy atom. The monoisotopic (exact) mass is 1070 g/mol. The molecule has 16 heteroatoms. The zero-order valence-electron chi connectivity index (χ0n) is 43.9. The number of rotatable bonds is 29. The molecule has 78 heavy (non-hydrogen) atoms. The Morgan fingerprint density at radius 3 is 0.923 bits per heavy atom. The number of carbonyl (C=O) groups is 2. The number of benzene rings is 6. The third-order valence-electron chi connectivity index (χ3n) is 13.0. The highest BCUT2D eigenvalue weighted by Crippen LogP contribution is 2.34. The van der Waals surface area contributed by atoms with Crippen molar-refractivity contribution in [1.82, 2.24) is 0 Å². The van der Waals surface area contributed by atoms with Crippen LogP contribution in [0.25, 0.3) is 0 Å². The van der Waals surface area contributed by atoms with Gasteiger partial charge in [-0.05, 0) is 47.2 Å². The molecule has 2 fully saturated rings. The summed E-state index contributed by atoms with van der Waals surface area (Å²) in [5, 5.41) is 25.0. The number of ether oxygens (including phenoxy) is 12. The lowest BCUT2D eigenvalue weighted by Crippen LogP contribution is -2.64. The predicted molar refractivity (Wildman–Crippen MR) is 285 cm³/mol. The van der Waals surface area contributed by atoms with Gasteiger partial charge in [0.2, 0.25) is 0 Å². The van der Waals surface area contributed by atoms with Crippen molar-refractivity contribution in [2.24, 2.45) is 0 Å². The van der Waals surface area contributed by atoms with Crippen LogP contribution < -0.4 is 0 Å². The van der Waals surface area contributed by atoms with Crippen molar-refractivity contribution in [3.05, 3.63) is 215 Å². The quantitative estimate of drug-likeness (QED) is 0.0433. The lowest BCUT2D eigenvalue weighted by molar-refractivity contribution is -0.348. The first-order valence-corrected chi connectivity index (χ1v) is 26.4. The molecule has 8 rings (SSSR count). The molecule has 6 aromatic rings. The van der Waals surface area contributed by atoms with Crippen LogP contribution in [0.2, 0.25) is 0 Å². The first-order valence-electron chi connectivity index (χ1n) is 26.4. The van der Waals surface area contributed by atoms with E-state index in [4.69, 9.17) is 56.8 Å². The molecule has 2 N–H and O–H groups in total. The van der Waals surface area contributed by atoms with Crippen LogP contribution in [-0.4, -0.2) is 122 Å². The lowest BCUT2D eigenvalue weighted by atomic mass is 9.97. The summed E-state index contributed by atoms with van der Waals surface area (Å²) in [6.07, 6.45) is -17.0. The number of hydrogen-bond donors (Lipinski definition) is 2. The summed E-state index contributed by atoms with van der Waals surface area (Å²) in [6, 6.07) is 56.9. The summed E-state index contributed by atoms with van der Waals surface area (Å²) >= 11 is 0. The van der Waals surface area contributed by atoms with Crippen molar-refractivity contribution in [3.63, 3.8) is 0 Å². The highest BCUT2D eigenvalue weighted by Gasteiger charge is 2.54.